The summed E-state index contributed by atoms with van der Waals surface area (Å²) in [4.78, 5) is 38.4. The number of nitrogens with one attached hydrogen (secondary N) is 3. The van der Waals surface area contributed by atoms with Gasteiger partial charge in [-0.3, -0.25) is 14.8 Å². The summed E-state index contributed by atoms with van der Waals surface area (Å²) in [5.74, 6) is -1.32. The van der Waals surface area contributed by atoms with Gasteiger partial charge in [-0.1, -0.05) is 43.3 Å². The zero-order chi connectivity index (χ0) is 22.9. The summed E-state index contributed by atoms with van der Waals surface area (Å²) in [7, 11) is 0. The molecule has 0 aromatic heterocycles. The number of aryl methyl sites for hydroxylation is 1. The van der Waals surface area contributed by atoms with Crippen molar-refractivity contribution in [2.75, 3.05) is 32.8 Å². The van der Waals surface area contributed by atoms with Crippen LogP contribution in [0.25, 0.3) is 11.1 Å². The third-order valence-electron chi connectivity index (χ3n) is 5.33. The number of carbonyl (C=O) groups excluding carboxylic acids is 3. The van der Waals surface area contributed by atoms with Gasteiger partial charge in [-0.2, -0.15) is 0 Å². The summed E-state index contributed by atoms with van der Waals surface area (Å²) < 4.78 is 5.20. The number of rotatable bonds is 7. The average Bonchev–Trinajstić information content (AvgIpc) is 2.86. The van der Waals surface area contributed by atoms with E-state index in [0.717, 1.165) is 17.5 Å². The number of nitrogens with zero attached hydrogens (tertiary/aromatic N) is 1. The van der Waals surface area contributed by atoms with E-state index in [4.69, 9.17) is 9.94 Å². The van der Waals surface area contributed by atoms with Gasteiger partial charge in [0.1, 0.15) is 6.04 Å². The van der Waals surface area contributed by atoms with Crippen LogP contribution in [0.1, 0.15) is 22.8 Å². The molecule has 1 aliphatic heterocycles. The first kappa shape index (κ1) is 23.2. The van der Waals surface area contributed by atoms with Crippen LogP contribution >= 0.6 is 0 Å². The Kier molecular flexibility index (Phi) is 8.18. The van der Waals surface area contributed by atoms with Crippen molar-refractivity contribution in [2.24, 2.45) is 0 Å². The van der Waals surface area contributed by atoms with Crippen LogP contribution in [0.15, 0.2) is 48.5 Å². The molecule has 0 saturated carbocycles. The molecule has 0 bridgehead atoms. The van der Waals surface area contributed by atoms with Crippen molar-refractivity contribution in [3.63, 3.8) is 0 Å². The van der Waals surface area contributed by atoms with Gasteiger partial charge in [0.25, 0.3) is 11.8 Å². The Hall–Kier alpha value is -3.43. The highest BCUT2D eigenvalue weighted by atomic mass is 16.5. The molecule has 4 N–H and O–H groups in total. The lowest BCUT2D eigenvalue weighted by molar-refractivity contribution is -0.131. The van der Waals surface area contributed by atoms with Gasteiger partial charge in [-0.15, -0.1) is 0 Å². The van der Waals surface area contributed by atoms with Gasteiger partial charge in [-0.25, -0.2) is 10.3 Å². The Balaban J connectivity index is 1.61. The minimum atomic E-state index is -1.14. The molecule has 2 aromatic carbocycles. The van der Waals surface area contributed by atoms with Crippen LogP contribution in [0, 0.1) is 0 Å². The van der Waals surface area contributed by atoms with E-state index in [1.54, 1.807) is 17.0 Å². The zero-order valence-electron chi connectivity index (χ0n) is 18.0. The van der Waals surface area contributed by atoms with Crippen molar-refractivity contribution in [3.05, 3.63) is 59.7 Å². The molecule has 1 saturated heterocycles. The zero-order valence-corrected chi connectivity index (χ0v) is 18.0. The van der Waals surface area contributed by atoms with Crippen molar-refractivity contribution < 1.29 is 24.3 Å². The molecular weight excluding hydrogens is 412 g/mol. The Morgan fingerprint density at radius 2 is 1.59 bits per heavy atom. The topological polar surface area (TPSA) is 120 Å². The first-order chi connectivity index (χ1) is 15.5. The molecule has 4 amide bonds. The number of amides is 4. The average molecular weight is 441 g/mol. The normalized spacial score (nSPS) is 14.4. The number of ether oxygens (including phenoxy) is 1. The van der Waals surface area contributed by atoms with E-state index in [2.05, 4.69) is 29.7 Å². The van der Waals surface area contributed by atoms with Crippen LogP contribution in [0.3, 0.4) is 0 Å². The lowest BCUT2D eigenvalue weighted by Gasteiger charge is -2.27. The summed E-state index contributed by atoms with van der Waals surface area (Å²) in [6.07, 6.45) is 0.967. The molecule has 9 nitrogen and oxygen atoms in total. The second-order valence-electron chi connectivity index (χ2n) is 7.42. The van der Waals surface area contributed by atoms with E-state index in [1.807, 2.05) is 24.3 Å². The lowest BCUT2D eigenvalue weighted by Crippen LogP contribution is -2.54. The molecule has 0 spiro atoms. The quantitative estimate of drug-likeness (QED) is 0.385. The lowest BCUT2D eigenvalue weighted by atomic mass is 10.0. The van der Waals surface area contributed by atoms with Crippen LogP contribution in [-0.4, -0.2) is 66.8 Å². The highest BCUT2D eigenvalue weighted by Crippen LogP contribution is 2.20. The van der Waals surface area contributed by atoms with Crippen LogP contribution in [0.2, 0.25) is 0 Å². The maximum atomic E-state index is 12.6. The molecular formula is C23H28N4O5. The Morgan fingerprint density at radius 1 is 1.00 bits per heavy atom. The minimum absolute atomic E-state index is 0.170. The number of benzene rings is 2. The largest absolute Gasteiger partial charge is 0.378 e. The molecule has 1 heterocycles. The van der Waals surface area contributed by atoms with E-state index in [0.29, 0.717) is 31.9 Å². The van der Waals surface area contributed by atoms with E-state index < -0.39 is 17.9 Å². The second kappa shape index (κ2) is 11.3. The molecule has 32 heavy (non-hydrogen) atoms. The third-order valence-corrected chi connectivity index (χ3v) is 5.33. The van der Waals surface area contributed by atoms with Gasteiger partial charge in [0.2, 0.25) is 0 Å². The number of hydrogen-bond acceptors (Lipinski definition) is 5. The molecule has 1 aliphatic rings. The number of hydrogen-bond donors (Lipinski definition) is 4. The Bertz CT molecular complexity index is 924. The monoisotopic (exact) mass is 440 g/mol. The smallest absolute Gasteiger partial charge is 0.317 e. The highest BCUT2D eigenvalue weighted by Gasteiger charge is 2.24. The molecule has 0 radical (unpaired) electrons. The molecule has 170 valence electrons. The van der Waals surface area contributed by atoms with E-state index in [-0.39, 0.29) is 12.6 Å². The molecule has 3 rings (SSSR count). The molecule has 1 atom stereocenters. The van der Waals surface area contributed by atoms with Crippen LogP contribution < -0.4 is 16.1 Å². The van der Waals surface area contributed by atoms with Gasteiger partial charge in [0.05, 0.1) is 13.2 Å². The summed E-state index contributed by atoms with van der Waals surface area (Å²) in [6.45, 7) is 3.72. The van der Waals surface area contributed by atoms with E-state index >= 15 is 0 Å². The van der Waals surface area contributed by atoms with Gasteiger partial charge in [0.15, 0.2) is 0 Å². The standard InChI is InChI=1S/C23H28N4O5/c1-2-16-3-5-17(6-4-16)18-7-9-19(10-8-18)21(28)25-20(22(29)26-31)15-24-23(30)27-11-13-32-14-12-27/h3-10,20,31H,2,11-15H2,1H3,(H,24,30)(H,25,28)(H,26,29)/t20-/m0/s1. The van der Waals surface area contributed by atoms with Crippen LogP contribution in [0.4, 0.5) is 4.79 Å². The fraction of sp³-hybridized carbons (Fsp3) is 0.348. The van der Waals surface area contributed by atoms with E-state index in [9.17, 15) is 14.4 Å². The van der Waals surface area contributed by atoms with Gasteiger partial charge in [-0.05, 0) is 35.2 Å². The van der Waals surface area contributed by atoms with Crippen LogP contribution in [-0.2, 0) is 16.0 Å². The maximum Gasteiger partial charge on any atom is 0.317 e. The van der Waals surface area contributed by atoms with Crippen molar-refractivity contribution in [2.45, 2.75) is 19.4 Å². The molecule has 0 aliphatic carbocycles. The van der Waals surface area contributed by atoms with Crippen LogP contribution in [0.5, 0.6) is 0 Å². The number of morpholine rings is 1. The minimum Gasteiger partial charge on any atom is -0.378 e. The second-order valence-corrected chi connectivity index (χ2v) is 7.42. The fourth-order valence-electron chi connectivity index (χ4n) is 3.34. The van der Waals surface area contributed by atoms with Gasteiger partial charge >= 0.3 is 6.03 Å². The van der Waals surface area contributed by atoms with Crippen molar-refractivity contribution in [1.29, 1.82) is 0 Å². The number of urea groups is 1. The van der Waals surface area contributed by atoms with Crippen molar-refractivity contribution in [3.8, 4) is 11.1 Å². The van der Waals surface area contributed by atoms with Gasteiger partial charge < -0.3 is 20.3 Å². The molecule has 0 unspecified atom stereocenters. The Labute approximate surface area is 186 Å². The number of carbonyl (C=O) groups is 3. The summed E-state index contributed by atoms with van der Waals surface area (Å²) >= 11 is 0. The van der Waals surface area contributed by atoms with Crippen molar-refractivity contribution >= 4 is 17.8 Å². The highest BCUT2D eigenvalue weighted by molar-refractivity contribution is 5.98. The van der Waals surface area contributed by atoms with E-state index in [1.165, 1.54) is 11.0 Å². The SMILES string of the molecule is CCc1ccc(-c2ccc(C(=O)N[C@@H](CNC(=O)N3CCOCC3)C(=O)NO)cc2)cc1. The molecule has 9 heteroatoms. The molecule has 1 fully saturated rings. The van der Waals surface area contributed by atoms with Gasteiger partial charge in [0, 0.05) is 25.2 Å². The fourth-order valence-corrected chi connectivity index (χ4v) is 3.34. The summed E-state index contributed by atoms with van der Waals surface area (Å²) in [6, 6.07) is 13.7. The number of hydroxylamine groups is 1. The predicted molar refractivity (Wildman–Crippen MR) is 118 cm³/mol. The first-order valence-electron chi connectivity index (χ1n) is 10.6. The first-order valence-corrected chi connectivity index (χ1v) is 10.6. The summed E-state index contributed by atoms with van der Waals surface area (Å²) in [5, 5.41) is 14.2. The van der Waals surface area contributed by atoms with Crippen molar-refractivity contribution in [1.82, 2.24) is 21.0 Å². The summed E-state index contributed by atoms with van der Waals surface area (Å²) in [5.41, 5.74) is 5.13. The third kappa shape index (κ3) is 6.05. The molecule has 2 aromatic rings. The maximum absolute atomic E-state index is 12.6. The predicted octanol–water partition coefficient (Wildman–Crippen LogP) is 1.56. The Morgan fingerprint density at radius 3 is 2.16 bits per heavy atom.